The fraction of sp³-hybridized carbons (Fsp3) is 0.304. The lowest BCUT2D eigenvalue weighted by Gasteiger charge is -2.33. The van der Waals surface area contributed by atoms with Gasteiger partial charge in [-0.1, -0.05) is 17.3 Å². The van der Waals surface area contributed by atoms with Crippen molar-refractivity contribution in [1.82, 2.24) is 20.0 Å². The molecule has 1 amide bonds. The number of carbonyl (C=O) groups excluding carboxylic acids is 2. The van der Waals surface area contributed by atoms with Crippen molar-refractivity contribution >= 4 is 11.9 Å². The lowest BCUT2D eigenvalue weighted by Crippen LogP contribution is -2.44. The summed E-state index contributed by atoms with van der Waals surface area (Å²) < 4.78 is 16.0. The third kappa shape index (κ3) is 4.52. The summed E-state index contributed by atoms with van der Waals surface area (Å²) >= 11 is 0. The van der Waals surface area contributed by atoms with Crippen molar-refractivity contribution in [3.8, 4) is 23.4 Å². The van der Waals surface area contributed by atoms with Crippen LogP contribution in [0.4, 0.5) is 0 Å². The molecule has 1 fully saturated rings. The lowest BCUT2D eigenvalue weighted by molar-refractivity contribution is 0.0498. The number of likely N-dealkylation sites (tertiary alicyclic amines) is 1. The second kappa shape index (κ2) is 9.48. The average Bonchev–Trinajstić information content (AvgIpc) is 3.29. The smallest absolute Gasteiger partial charge is 0.344 e. The number of aromatic nitrogens is 3. The number of carbonyl (C=O) groups is 2. The number of pyridine rings is 1. The number of esters is 1. The normalized spacial score (nSPS) is 15.5. The molecule has 1 aliphatic heterocycles. The Hall–Kier alpha value is -4.26. The molecule has 0 unspecified atom stereocenters. The molecule has 168 valence electrons. The number of benzene rings is 1. The predicted octanol–water partition coefficient (Wildman–Crippen LogP) is 2.78. The highest BCUT2D eigenvalue weighted by molar-refractivity contribution is 6.00. The molecule has 1 aliphatic rings. The van der Waals surface area contributed by atoms with Crippen molar-refractivity contribution in [1.29, 1.82) is 5.26 Å². The number of hydrogen-bond acceptors (Lipinski definition) is 9. The van der Waals surface area contributed by atoms with Crippen molar-refractivity contribution in [2.45, 2.75) is 25.9 Å². The largest absolute Gasteiger partial charge is 0.472 e. The number of nitrogens with zero attached hydrogens (tertiary/aromatic N) is 5. The molecule has 0 saturated carbocycles. The van der Waals surface area contributed by atoms with E-state index in [-0.39, 0.29) is 35.3 Å². The van der Waals surface area contributed by atoms with Crippen LogP contribution in [0.2, 0.25) is 0 Å². The first-order valence-electron chi connectivity index (χ1n) is 10.3. The fourth-order valence-corrected chi connectivity index (χ4v) is 3.73. The summed E-state index contributed by atoms with van der Waals surface area (Å²) in [6.07, 6.45) is 2.34. The van der Waals surface area contributed by atoms with E-state index >= 15 is 0 Å². The van der Waals surface area contributed by atoms with E-state index in [1.807, 2.05) is 6.07 Å². The third-order valence-electron chi connectivity index (χ3n) is 5.29. The number of rotatable bonds is 5. The van der Waals surface area contributed by atoms with Crippen molar-refractivity contribution in [3.05, 3.63) is 59.0 Å². The molecule has 3 aromatic rings. The standard InChI is InChI=1S/C23H21N5O5/c1-14-26-20(33-27-14)17-7-3-4-8-18(17)22(29)28-11-5-6-16(13-28)32-21-19(23(30)31-2)15(12-24)9-10-25-21/h3-4,7-10,16H,5-6,11,13H2,1-2H3/t16-/m1/s1. The Morgan fingerprint density at radius 1 is 1.27 bits per heavy atom. The van der Waals surface area contributed by atoms with Gasteiger partial charge >= 0.3 is 5.97 Å². The van der Waals surface area contributed by atoms with Crippen molar-refractivity contribution < 1.29 is 23.6 Å². The van der Waals surface area contributed by atoms with Crippen LogP contribution in [0.1, 0.15) is 44.9 Å². The molecule has 10 nitrogen and oxygen atoms in total. The van der Waals surface area contributed by atoms with Gasteiger partial charge in [0.1, 0.15) is 17.7 Å². The minimum atomic E-state index is -0.706. The molecule has 1 atom stereocenters. The summed E-state index contributed by atoms with van der Waals surface area (Å²) in [5.74, 6) is -0.125. The maximum Gasteiger partial charge on any atom is 0.344 e. The van der Waals surface area contributed by atoms with Crippen LogP contribution in [-0.4, -0.2) is 58.2 Å². The third-order valence-corrected chi connectivity index (χ3v) is 5.29. The molecule has 10 heteroatoms. The number of amides is 1. The van der Waals surface area contributed by atoms with Gasteiger partial charge in [-0.2, -0.15) is 10.2 Å². The van der Waals surface area contributed by atoms with E-state index in [0.717, 1.165) is 0 Å². The Kier molecular flexibility index (Phi) is 6.31. The Morgan fingerprint density at radius 3 is 2.82 bits per heavy atom. The van der Waals surface area contributed by atoms with Gasteiger partial charge in [-0.05, 0) is 38.0 Å². The maximum atomic E-state index is 13.4. The predicted molar refractivity (Wildman–Crippen MR) is 114 cm³/mol. The molecule has 0 bridgehead atoms. The van der Waals surface area contributed by atoms with Crippen LogP contribution in [0.25, 0.3) is 11.5 Å². The molecular formula is C23H21N5O5. The van der Waals surface area contributed by atoms with E-state index in [4.69, 9.17) is 14.0 Å². The molecule has 2 aromatic heterocycles. The van der Waals surface area contributed by atoms with Crippen LogP contribution < -0.4 is 4.74 Å². The lowest BCUT2D eigenvalue weighted by atomic mass is 10.0. The van der Waals surface area contributed by atoms with E-state index in [0.29, 0.717) is 36.3 Å². The highest BCUT2D eigenvalue weighted by Gasteiger charge is 2.30. The number of hydrogen-bond donors (Lipinski definition) is 0. The Morgan fingerprint density at radius 2 is 2.09 bits per heavy atom. The maximum absolute atomic E-state index is 13.4. The molecule has 0 aliphatic carbocycles. The number of nitriles is 1. The Bertz CT molecular complexity index is 1230. The van der Waals surface area contributed by atoms with Crippen LogP contribution in [0.5, 0.6) is 5.88 Å². The summed E-state index contributed by atoms with van der Waals surface area (Å²) in [7, 11) is 1.23. The Labute approximate surface area is 189 Å². The van der Waals surface area contributed by atoms with Gasteiger partial charge in [-0.25, -0.2) is 9.78 Å². The monoisotopic (exact) mass is 447 g/mol. The molecule has 4 rings (SSSR count). The molecular weight excluding hydrogens is 426 g/mol. The second-order valence-electron chi connectivity index (χ2n) is 7.47. The van der Waals surface area contributed by atoms with Crippen molar-refractivity contribution in [2.75, 3.05) is 20.2 Å². The van der Waals surface area contributed by atoms with Crippen LogP contribution in [0.15, 0.2) is 41.1 Å². The van der Waals surface area contributed by atoms with E-state index in [2.05, 4.69) is 15.1 Å². The highest BCUT2D eigenvalue weighted by atomic mass is 16.5. The molecule has 1 aromatic carbocycles. The summed E-state index contributed by atoms with van der Waals surface area (Å²) in [5, 5.41) is 13.2. The molecule has 0 spiro atoms. The van der Waals surface area contributed by atoms with Gasteiger partial charge in [0, 0.05) is 12.7 Å². The highest BCUT2D eigenvalue weighted by Crippen LogP contribution is 2.27. The van der Waals surface area contributed by atoms with Crippen LogP contribution >= 0.6 is 0 Å². The minimum absolute atomic E-state index is 0.0157. The summed E-state index contributed by atoms with van der Waals surface area (Å²) in [6.45, 7) is 2.54. The average molecular weight is 447 g/mol. The first-order chi connectivity index (χ1) is 16.0. The number of piperidine rings is 1. The zero-order chi connectivity index (χ0) is 23.4. The topological polar surface area (TPSA) is 131 Å². The van der Waals surface area contributed by atoms with Crippen LogP contribution in [0.3, 0.4) is 0 Å². The molecule has 0 radical (unpaired) electrons. The first-order valence-corrected chi connectivity index (χ1v) is 10.3. The van der Waals surface area contributed by atoms with Gasteiger partial charge in [0.2, 0.25) is 5.88 Å². The van der Waals surface area contributed by atoms with Gasteiger partial charge < -0.3 is 18.9 Å². The SMILES string of the molecule is COC(=O)c1c(C#N)ccnc1O[C@@H]1CCCN(C(=O)c2ccccc2-c2nc(C)no2)C1. The van der Waals surface area contributed by atoms with E-state index < -0.39 is 12.1 Å². The van der Waals surface area contributed by atoms with Crippen molar-refractivity contribution in [2.24, 2.45) is 0 Å². The fourth-order valence-electron chi connectivity index (χ4n) is 3.73. The molecule has 3 heterocycles. The first kappa shape index (κ1) is 22.0. The quantitative estimate of drug-likeness (QED) is 0.542. The van der Waals surface area contributed by atoms with Crippen LogP contribution in [-0.2, 0) is 4.74 Å². The molecule has 33 heavy (non-hydrogen) atoms. The zero-order valence-electron chi connectivity index (χ0n) is 18.1. The number of ether oxygens (including phenoxy) is 2. The van der Waals surface area contributed by atoms with Gasteiger partial charge in [-0.15, -0.1) is 0 Å². The number of methoxy groups -OCH3 is 1. The second-order valence-corrected chi connectivity index (χ2v) is 7.47. The van der Waals surface area contributed by atoms with Gasteiger partial charge in [0.05, 0.1) is 30.3 Å². The van der Waals surface area contributed by atoms with E-state index in [1.165, 1.54) is 19.4 Å². The van der Waals surface area contributed by atoms with Gasteiger partial charge in [0.15, 0.2) is 5.82 Å². The zero-order valence-corrected chi connectivity index (χ0v) is 18.1. The number of aryl methyl sites for hydroxylation is 1. The van der Waals surface area contributed by atoms with Crippen LogP contribution in [0, 0.1) is 18.3 Å². The molecule has 1 saturated heterocycles. The van der Waals surface area contributed by atoms with Gasteiger partial charge in [-0.3, -0.25) is 4.79 Å². The Balaban J connectivity index is 1.56. The summed E-state index contributed by atoms with van der Waals surface area (Å²) in [6, 6.07) is 10.4. The van der Waals surface area contributed by atoms with Crippen molar-refractivity contribution in [3.63, 3.8) is 0 Å². The summed E-state index contributed by atoms with van der Waals surface area (Å²) in [5.41, 5.74) is 1.09. The van der Waals surface area contributed by atoms with Gasteiger partial charge in [0.25, 0.3) is 11.8 Å². The minimum Gasteiger partial charge on any atom is -0.472 e. The summed E-state index contributed by atoms with van der Waals surface area (Å²) in [4.78, 5) is 35.6. The van der Waals surface area contributed by atoms with E-state index in [9.17, 15) is 14.9 Å². The van der Waals surface area contributed by atoms with E-state index in [1.54, 1.807) is 36.1 Å². The molecule has 0 N–H and O–H groups in total.